The molecule has 0 radical (unpaired) electrons. The van der Waals surface area contributed by atoms with Gasteiger partial charge in [0.15, 0.2) is 5.96 Å². The zero-order valence-electron chi connectivity index (χ0n) is 17.0. The summed E-state index contributed by atoms with van der Waals surface area (Å²) in [5.41, 5.74) is 2.01. The van der Waals surface area contributed by atoms with Gasteiger partial charge in [-0.05, 0) is 18.9 Å². The standard InChI is InChI=1S/C20H28N6O3/c1-3-8-21-20(22-14-17-4-6-19(7-5-17)26(27)28)25-11-9-24(10-12-25)15-18-13-16(2)29-23-18/h4-7,13H,3,8-12,14-15H2,1-2H3,(H,21,22). The number of piperazine rings is 1. The van der Waals surface area contributed by atoms with Gasteiger partial charge in [-0.2, -0.15) is 0 Å². The number of non-ortho nitro benzene ring substituents is 1. The first-order chi connectivity index (χ1) is 14.0. The summed E-state index contributed by atoms with van der Waals surface area (Å²) < 4.78 is 5.15. The third kappa shape index (κ3) is 6.02. The fraction of sp³-hybridized carbons (Fsp3) is 0.500. The molecule has 0 spiro atoms. The van der Waals surface area contributed by atoms with Gasteiger partial charge < -0.3 is 14.7 Å². The monoisotopic (exact) mass is 400 g/mol. The maximum Gasteiger partial charge on any atom is 0.269 e. The van der Waals surface area contributed by atoms with Crippen LogP contribution < -0.4 is 5.32 Å². The Bertz CT molecular complexity index is 825. The molecule has 1 N–H and O–H groups in total. The van der Waals surface area contributed by atoms with E-state index in [0.29, 0.717) is 6.54 Å². The Morgan fingerprint density at radius 2 is 2.00 bits per heavy atom. The van der Waals surface area contributed by atoms with Gasteiger partial charge in [0.1, 0.15) is 5.76 Å². The van der Waals surface area contributed by atoms with Crippen molar-refractivity contribution >= 4 is 11.6 Å². The molecule has 0 atom stereocenters. The van der Waals surface area contributed by atoms with Crippen LogP contribution in [-0.4, -0.2) is 58.6 Å². The molecule has 9 nitrogen and oxygen atoms in total. The molecule has 1 aromatic heterocycles. The number of aryl methyl sites for hydroxylation is 1. The Morgan fingerprint density at radius 1 is 1.28 bits per heavy atom. The number of nitrogens with zero attached hydrogens (tertiary/aromatic N) is 5. The molecule has 0 bridgehead atoms. The Morgan fingerprint density at radius 3 is 2.59 bits per heavy atom. The van der Waals surface area contributed by atoms with Crippen LogP contribution in [0.25, 0.3) is 0 Å². The van der Waals surface area contributed by atoms with Gasteiger partial charge >= 0.3 is 0 Å². The van der Waals surface area contributed by atoms with E-state index in [9.17, 15) is 10.1 Å². The minimum absolute atomic E-state index is 0.0977. The molecular weight excluding hydrogens is 372 g/mol. The molecule has 9 heteroatoms. The summed E-state index contributed by atoms with van der Waals surface area (Å²) >= 11 is 0. The lowest BCUT2D eigenvalue weighted by Crippen LogP contribution is -2.52. The van der Waals surface area contributed by atoms with Crippen LogP contribution in [0.4, 0.5) is 5.69 Å². The van der Waals surface area contributed by atoms with E-state index in [4.69, 9.17) is 9.52 Å². The molecule has 0 aliphatic carbocycles. The lowest BCUT2D eigenvalue weighted by molar-refractivity contribution is -0.384. The topological polar surface area (TPSA) is 100 Å². The van der Waals surface area contributed by atoms with E-state index < -0.39 is 0 Å². The molecule has 2 aromatic rings. The van der Waals surface area contributed by atoms with Crippen molar-refractivity contribution in [2.75, 3.05) is 32.7 Å². The van der Waals surface area contributed by atoms with Crippen LogP contribution in [0.3, 0.4) is 0 Å². The first kappa shape index (κ1) is 20.8. The fourth-order valence-corrected chi connectivity index (χ4v) is 3.23. The SMILES string of the molecule is CCCNC(=NCc1ccc([N+](=O)[O-])cc1)N1CCN(Cc2cc(C)on2)CC1. The quantitative estimate of drug-likeness (QED) is 0.330. The second kappa shape index (κ2) is 10.0. The van der Waals surface area contributed by atoms with Crippen molar-refractivity contribution in [1.82, 2.24) is 20.3 Å². The summed E-state index contributed by atoms with van der Waals surface area (Å²) in [6.07, 6.45) is 1.02. The highest BCUT2D eigenvalue weighted by Crippen LogP contribution is 2.13. The molecular formula is C20H28N6O3. The van der Waals surface area contributed by atoms with E-state index in [2.05, 4.69) is 27.2 Å². The van der Waals surface area contributed by atoms with Gasteiger partial charge in [-0.15, -0.1) is 0 Å². The maximum atomic E-state index is 10.8. The Balaban J connectivity index is 1.58. The molecule has 1 saturated heterocycles. The van der Waals surface area contributed by atoms with Crippen molar-refractivity contribution in [3.8, 4) is 0 Å². The van der Waals surface area contributed by atoms with E-state index in [0.717, 1.165) is 68.7 Å². The van der Waals surface area contributed by atoms with Crippen LogP contribution in [0.15, 0.2) is 39.8 Å². The van der Waals surface area contributed by atoms with Crippen LogP contribution in [0.2, 0.25) is 0 Å². The van der Waals surface area contributed by atoms with E-state index in [1.54, 1.807) is 12.1 Å². The van der Waals surface area contributed by atoms with Gasteiger partial charge in [-0.3, -0.25) is 15.0 Å². The number of nitrogens with one attached hydrogen (secondary N) is 1. The number of benzene rings is 1. The van der Waals surface area contributed by atoms with Gasteiger partial charge in [0.05, 0.1) is 17.2 Å². The average Bonchev–Trinajstić information content (AvgIpc) is 3.14. The Labute approximate surface area is 170 Å². The van der Waals surface area contributed by atoms with Gasteiger partial charge in [-0.25, -0.2) is 4.99 Å². The Kier molecular flexibility index (Phi) is 7.18. The van der Waals surface area contributed by atoms with Gasteiger partial charge in [0.2, 0.25) is 0 Å². The second-order valence-corrected chi connectivity index (χ2v) is 7.18. The lowest BCUT2D eigenvalue weighted by Gasteiger charge is -2.36. The van der Waals surface area contributed by atoms with Crippen molar-refractivity contribution in [3.63, 3.8) is 0 Å². The number of hydrogen-bond donors (Lipinski definition) is 1. The van der Waals surface area contributed by atoms with Gasteiger partial charge in [0.25, 0.3) is 5.69 Å². The van der Waals surface area contributed by atoms with Crippen LogP contribution >= 0.6 is 0 Å². The molecule has 156 valence electrons. The number of nitro benzene ring substituents is 1. The van der Waals surface area contributed by atoms with Gasteiger partial charge in [-0.1, -0.05) is 24.2 Å². The maximum absolute atomic E-state index is 10.8. The summed E-state index contributed by atoms with van der Waals surface area (Å²) in [7, 11) is 0. The van der Waals surface area contributed by atoms with Gasteiger partial charge in [0, 0.05) is 57.5 Å². The molecule has 1 aliphatic rings. The molecule has 0 amide bonds. The minimum Gasteiger partial charge on any atom is -0.361 e. The third-order valence-corrected chi connectivity index (χ3v) is 4.83. The summed E-state index contributed by atoms with van der Waals surface area (Å²) in [5.74, 6) is 1.73. The first-order valence-corrected chi connectivity index (χ1v) is 9.96. The highest BCUT2D eigenvalue weighted by Gasteiger charge is 2.20. The van der Waals surface area contributed by atoms with Crippen LogP contribution in [-0.2, 0) is 13.1 Å². The largest absolute Gasteiger partial charge is 0.361 e. The van der Waals surface area contributed by atoms with Crippen molar-refractivity contribution in [2.45, 2.75) is 33.4 Å². The molecule has 0 saturated carbocycles. The zero-order chi connectivity index (χ0) is 20.6. The summed E-state index contributed by atoms with van der Waals surface area (Å²) in [4.78, 5) is 19.8. The normalized spacial score (nSPS) is 15.5. The first-order valence-electron chi connectivity index (χ1n) is 9.96. The lowest BCUT2D eigenvalue weighted by atomic mass is 10.2. The highest BCUT2D eigenvalue weighted by molar-refractivity contribution is 5.80. The Hall–Kier alpha value is -2.94. The van der Waals surface area contributed by atoms with E-state index in [1.165, 1.54) is 12.1 Å². The van der Waals surface area contributed by atoms with E-state index in [1.807, 2.05) is 13.0 Å². The van der Waals surface area contributed by atoms with Crippen molar-refractivity contribution in [3.05, 3.63) is 57.5 Å². The van der Waals surface area contributed by atoms with Crippen molar-refractivity contribution < 1.29 is 9.45 Å². The molecule has 1 fully saturated rings. The summed E-state index contributed by atoms with van der Waals surface area (Å²) in [5, 5.41) is 18.3. The summed E-state index contributed by atoms with van der Waals surface area (Å²) in [6, 6.07) is 8.54. The number of hydrogen-bond acceptors (Lipinski definition) is 6. The smallest absolute Gasteiger partial charge is 0.269 e. The zero-order valence-corrected chi connectivity index (χ0v) is 17.0. The predicted molar refractivity (Wildman–Crippen MR) is 111 cm³/mol. The number of guanidine groups is 1. The van der Waals surface area contributed by atoms with E-state index >= 15 is 0 Å². The number of aromatic nitrogens is 1. The van der Waals surface area contributed by atoms with Crippen LogP contribution in [0, 0.1) is 17.0 Å². The van der Waals surface area contributed by atoms with Crippen molar-refractivity contribution in [1.29, 1.82) is 0 Å². The number of aliphatic imine (C=N–C) groups is 1. The summed E-state index contributed by atoms with van der Waals surface area (Å²) in [6.45, 7) is 9.79. The second-order valence-electron chi connectivity index (χ2n) is 7.18. The molecule has 0 unspecified atom stereocenters. The van der Waals surface area contributed by atoms with Crippen LogP contribution in [0.5, 0.6) is 0 Å². The highest BCUT2D eigenvalue weighted by atomic mass is 16.6. The number of nitro groups is 1. The molecule has 1 aromatic carbocycles. The fourth-order valence-electron chi connectivity index (χ4n) is 3.23. The third-order valence-electron chi connectivity index (χ3n) is 4.83. The van der Waals surface area contributed by atoms with Crippen molar-refractivity contribution in [2.24, 2.45) is 4.99 Å². The average molecular weight is 400 g/mol. The molecule has 3 rings (SSSR count). The number of rotatable bonds is 7. The molecule has 29 heavy (non-hydrogen) atoms. The molecule has 2 heterocycles. The van der Waals surface area contributed by atoms with E-state index in [-0.39, 0.29) is 10.6 Å². The molecule has 1 aliphatic heterocycles. The van der Waals surface area contributed by atoms with Crippen LogP contribution in [0.1, 0.15) is 30.4 Å². The minimum atomic E-state index is -0.388. The predicted octanol–water partition coefficient (Wildman–Crippen LogP) is 2.56.